The van der Waals surface area contributed by atoms with Gasteiger partial charge in [0, 0.05) is 13.6 Å². The number of hydrazone groups is 1. The summed E-state index contributed by atoms with van der Waals surface area (Å²) in [5, 5.41) is 5.77. The molecule has 0 aliphatic carbocycles. The van der Waals surface area contributed by atoms with E-state index in [9.17, 15) is 14.4 Å². The minimum absolute atomic E-state index is 0.107. The van der Waals surface area contributed by atoms with Crippen molar-refractivity contribution < 1.29 is 23.7 Å². The van der Waals surface area contributed by atoms with Crippen LogP contribution in [-0.2, 0) is 14.3 Å². The number of aliphatic imine (C=N–C) groups is 1. The molecular formula is C15H21N6O4+. The molecule has 0 spiro atoms. The summed E-state index contributed by atoms with van der Waals surface area (Å²) in [6, 6.07) is -1.09. The normalized spacial score (nSPS) is 22.7. The average molecular weight is 349 g/mol. The zero-order chi connectivity index (χ0) is 18.3. The fourth-order valence-electron chi connectivity index (χ4n) is 3.13. The Morgan fingerprint density at radius 3 is 2.72 bits per heavy atom. The summed E-state index contributed by atoms with van der Waals surface area (Å²) < 4.78 is 6.74. The van der Waals surface area contributed by atoms with E-state index < -0.39 is 18.0 Å². The molecule has 0 aromatic rings. The molecular weight excluding hydrogens is 328 g/mol. The van der Waals surface area contributed by atoms with Crippen LogP contribution in [0.2, 0.25) is 0 Å². The van der Waals surface area contributed by atoms with E-state index in [0.29, 0.717) is 18.3 Å². The van der Waals surface area contributed by atoms with Gasteiger partial charge in [0.15, 0.2) is 6.54 Å². The lowest BCUT2D eigenvalue weighted by molar-refractivity contribution is -0.527. The number of guanidine groups is 1. The quantitative estimate of drug-likeness (QED) is 0.494. The fourth-order valence-corrected chi connectivity index (χ4v) is 3.13. The number of amidine groups is 1. The van der Waals surface area contributed by atoms with Crippen LogP contribution in [0.3, 0.4) is 0 Å². The first kappa shape index (κ1) is 17.1. The van der Waals surface area contributed by atoms with E-state index in [-0.39, 0.29) is 25.6 Å². The number of esters is 1. The molecule has 1 fully saturated rings. The van der Waals surface area contributed by atoms with Gasteiger partial charge in [0.2, 0.25) is 11.9 Å². The highest BCUT2D eigenvalue weighted by Crippen LogP contribution is 2.22. The van der Waals surface area contributed by atoms with Crippen molar-refractivity contribution in [1.82, 2.24) is 14.8 Å². The maximum absolute atomic E-state index is 12.8. The Labute approximate surface area is 145 Å². The average Bonchev–Trinajstić information content (AvgIpc) is 2.93. The predicted octanol–water partition coefficient (Wildman–Crippen LogP) is -0.696. The van der Waals surface area contributed by atoms with Crippen LogP contribution in [0.25, 0.3) is 0 Å². The van der Waals surface area contributed by atoms with Crippen LogP contribution in [0.4, 0.5) is 4.79 Å². The number of ether oxygens (including phenoxy) is 1. The molecule has 0 bridgehead atoms. The Morgan fingerprint density at radius 1 is 1.36 bits per heavy atom. The number of likely N-dealkylation sites (N-methyl/N-ethyl adjacent to an activating group) is 2. The number of amides is 3. The van der Waals surface area contributed by atoms with E-state index in [1.807, 2.05) is 6.92 Å². The molecule has 3 amide bonds. The monoisotopic (exact) mass is 349 g/mol. The van der Waals surface area contributed by atoms with E-state index >= 15 is 0 Å². The van der Waals surface area contributed by atoms with E-state index in [1.165, 1.54) is 14.8 Å². The van der Waals surface area contributed by atoms with E-state index in [1.54, 1.807) is 25.5 Å². The Balaban J connectivity index is 1.97. The molecule has 10 heteroatoms. The van der Waals surface area contributed by atoms with Crippen molar-refractivity contribution in [1.29, 1.82) is 0 Å². The molecule has 3 rings (SSSR count). The smallest absolute Gasteiger partial charge is 0.417 e. The van der Waals surface area contributed by atoms with Gasteiger partial charge in [0.05, 0.1) is 12.3 Å². The molecule has 3 aliphatic rings. The molecule has 0 aromatic heterocycles. The second-order valence-electron chi connectivity index (χ2n) is 5.92. The largest absolute Gasteiger partial charge is 0.464 e. The minimum atomic E-state index is -0.687. The van der Waals surface area contributed by atoms with Gasteiger partial charge in [0.25, 0.3) is 5.91 Å². The van der Waals surface area contributed by atoms with Crippen molar-refractivity contribution in [3.05, 3.63) is 0 Å². The molecule has 0 N–H and O–H groups in total. The molecule has 25 heavy (non-hydrogen) atoms. The second kappa shape index (κ2) is 6.26. The number of fused-ring (bicyclic) bond motifs is 2. The van der Waals surface area contributed by atoms with Crippen molar-refractivity contribution >= 4 is 35.4 Å². The number of hydrogen-bond acceptors (Lipinski definition) is 7. The van der Waals surface area contributed by atoms with E-state index in [2.05, 4.69) is 10.1 Å². The first-order valence-corrected chi connectivity index (χ1v) is 8.17. The maximum atomic E-state index is 12.8. The summed E-state index contributed by atoms with van der Waals surface area (Å²) in [6.07, 6.45) is 0. The Hall–Kier alpha value is -2.78. The van der Waals surface area contributed by atoms with Crippen LogP contribution in [-0.4, -0.2) is 94.1 Å². The maximum Gasteiger partial charge on any atom is 0.417 e. The molecule has 0 aromatic carbocycles. The second-order valence-corrected chi connectivity index (χ2v) is 5.92. The Morgan fingerprint density at radius 2 is 2.08 bits per heavy atom. The highest BCUT2D eigenvalue weighted by atomic mass is 16.5. The highest BCUT2D eigenvalue weighted by Gasteiger charge is 2.54. The summed E-state index contributed by atoms with van der Waals surface area (Å²) in [7, 11) is 1.59. The first-order valence-electron chi connectivity index (χ1n) is 8.17. The SMILES string of the molecule is CCOC(=O)CN1N=C(C)C[N+]2=C1N=C1C2C(=O)N(CC)C(=O)N1C. The zero-order valence-corrected chi connectivity index (χ0v) is 14.7. The van der Waals surface area contributed by atoms with Gasteiger partial charge in [-0.05, 0) is 20.8 Å². The minimum Gasteiger partial charge on any atom is -0.464 e. The third-order valence-corrected chi connectivity index (χ3v) is 4.21. The molecule has 1 unspecified atom stereocenters. The summed E-state index contributed by atoms with van der Waals surface area (Å²) in [5.41, 5.74) is 0.736. The Kier molecular flexibility index (Phi) is 4.27. The van der Waals surface area contributed by atoms with Crippen molar-refractivity contribution in [2.24, 2.45) is 10.1 Å². The molecule has 1 saturated heterocycles. The van der Waals surface area contributed by atoms with Gasteiger partial charge in [-0.25, -0.2) is 14.2 Å². The molecule has 3 heterocycles. The first-order chi connectivity index (χ1) is 11.9. The third kappa shape index (κ3) is 2.67. The van der Waals surface area contributed by atoms with Crippen LogP contribution < -0.4 is 0 Å². The van der Waals surface area contributed by atoms with Crippen LogP contribution in [0.1, 0.15) is 20.8 Å². The van der Waals surface area contributed by atoms with Crippen molar-refractivity contribution in [2.75, 3.05) is 33.3 Å². The van der Waals surface area contributed by atoms with Gasteiger partial charge >= 0.3 is 18.0 Å². The lowest BCUT2D eigenvalue weighted by Crippen LogP contribution is -2.63. The van der Waals surface area contributed by atoms with Gasteiger partial charge < -0.3 is 4.74 Å². The lowest BCUT2D eigenvalue weighted by Gasteiger charge is -2.33. The van der Waals surface area contributed by atoms with Crippen LogP contribution >= 0.6 is 0 Å². The number of rotatable bonds is 4. The molecule has 10 nitrogen and oxygen atoms in total. The van der Waals surface area contributed by atoms with Crippen molar-refractivity contribution in [3.63, 3.8) is 0 Å². The van der Waals surface area contributed by atoms with Crippen molar-refractivity contribution in [3.8, 4) is 0 Å². The summed E-state index contributed by atoms with van der Waals surface area (Å²) >= 11 is 0. The lowest BCUT2D eigenvalue weighted by atomic mass is 10.1. The van der Waals surface area contributed by atoms with Gasteiger partial charge in [-0.1, -0.05) is 4.99 Å². The summed E-state index contributed by atoms with van der Waals surface area (Å²) in [5.74, 6) is -0.0161. The molecule has 1 atom stereocenters. The Bertz CT molecular complexity index is 740. The van der Waals surface area contributed by atoms with Gasteiger partial charge in [-0.2, -0.15) is 0 Å². The van der Waals surface area contributed by atoms with Gasteiger partial charge in [0.1, 0.15) is 6.54 Å². The predicted molar refractivity (Wildman–Crippen MR) is 88.4 cm³/mol. The van der Waals surface area contributed by atoms with E-state index in [0.717, 1.165) is 5.71 Å². The topological polar surface area (TPSA) is 97.9 Å². The fraction of sp³-hybridized carbons (Fsp3) is 0.600. The highest BCUT2D eigenvalue weighted by molar-refractivity contribution is 6.23. The summed E-state index contributed by atoms with van der Waals surface area (Å²) in [4.78, 5) is 44.0. The van der Waals surface area contributed by atoms with E-state index in [4.69, 9.17) is 4.74 Å². The number of urea groups is 1. The van der Waals surface area contributed by atoms with Crippen LogP contribution in [0.15, 0.2) is 10.1 Å². The third-order valence-electron chi connectivity index (χ3n) is 4.21. The molecule has 0 radical (unpaired) electrons. The van der Waals surface area contributed by atoms with Crippen LogP contribution in [0.5, 0.6) is 0 Å². The van der Waals surface area contributed by atoms with Crippen molar-refractivity contribution in [2.45, 2.75) is 26.8 Å². The van der Waals surface area contributed by atoms with Crippen LogP contribution in [0, 0.1) is 0 Å². The number of carbonyl (C=O) groups is 3. The van der Waals surface area contributed by atoms with Gasteiger partial charge in [-0.15, -0.1) is 10.1 Å². The van der Waals surface area contributed by atoms with Gasteiger partial charge in [-0.3, -0.25) is 14.6 Å². The molecule has 3 aliphatic heterocycles. The standard InChI is InChI=1S/C15H21N6O4/c1-5-19-13(23)11-12(18(4)15(19)24)16-14-20(11)7-9(3)17-21(14)8-10(22)25-6-2/h11H,5-8H2,1-4H3/q+1. The summed E-state index contributed by atoms with van der Waals surface area (Å²) in [6.45, 7) is 6.14. The number of hydrogen-bond donors (Lipinski definition) is 0. The number of imide groups is 1. The number of nitrogens with zero attached hydrogens (tertiary/aromatic N) is 6. The molecule has 0 saturated carbocycles. The number of carbonyl (C=O) groups excluding carboxylic acids is 3. The molecule has 134 valence electrons. The zero-order valence-electron chi connectivity index (χ0n) is 14.7.